The average molecular weight is 481 g/mol. The Morgan fingerprint density at radius 1 is 0.556 bits per heavy atom. The van der Waals surface area contributed by atoms with Gasteiger partial charge in [-0.3, -0.25) is 9.59 Å². The number of hydrogen-bond acceptors (Lipinski definition) is 6. The Morgan fingerprint density at radius 2 is 1.08 bits per heavy atom. The van der Waals surface area contributed by atoms with E-state index in [0.29, 0.717) is 29.0 Å². The van der Waals surface area contributed by atoms with E-state index < -0.39 is 0 Å². The first-order valence-electron chi connectivity index (χ1n) is 11.6. The maximum Gasteiger partial charge on any atom is 0.170 e. The molecule has 180 valence electrons. The zero-order valence-corrected chi connectivity index (χ0v) is 19.3. The van der Waals surface area contributed by atoms with Gasteiger partial charge in [0.2, 0.25) is 0 Å². The van der Waals surface area contributed by atoms with Crippen molar-refractivity contribution in [1.29, 1.82) is 0 Å². The maximum atomic E-state index is 12.0. The molecular formula is C30H24O6. The van der Waals surface area contributed by atoms with Crippen LogP contribution in [0.3, 0.4) is 0 Å². The van der Waals surface area contributed by atoms with Crippen LogP contribution >= 0.6 is 0 Å². The van der Waals surface area contributed by atoms with Crippen molar-refractivity contribution in [3.8, 4) is 23.0 Å². The van der Waals surface area contributed by atoms with Gasteiger partial charge in [0.1, 0.15) is 35.2 Å². The molecule has 4 aromatic rings. The van der Waals surface area contributed by atoms with Gasteiger partial charge in [-0.15, -0.1) is 0 Å². The first kappa shape index (κ1) is 23.2. The molecule has 0 spiro atoms. The van der Waals surface area contributed by atoms with Crippen molar-refractivity contribution in [3.63, 3.8) is 0 Å². The summed E-state index contributed by atoms with van der Waals surface area (Å²) in [7, 11) is 0. The minimum absolute atomic E-state index is 0.0145. The fourth-order valence-corrected chi connectivity index (χ4v) is 4.31. The van der Waals surface area contributed by atoms with E-state index in [1.165, 1.54) is 12.1 Å². The second-order valence-electron chi connectivity index (χ2n) is 8.65. The Labute approximate surface area is 208 Å². The molecule has 2 aliphatic rings. The number of ether oxygens (including phenoxy) is 2. The van der Waals surface area contributed by atoms with Gasteiger partial charge in [-0.25, -0.2) is 0 Å². The molecule has 2 atom stereocenters. The van der Waals surface area contributed by atoms with Crippen molar-refractivity contribution < 1.29 is 29.3 Å². The van der Waals surface area contributed by atoms with E-state index in [9.17, 15) is 19.8 Å². The number of carbonyl (C=O) groups is 2. The monoisotopic (exact) mass is 480 g/mol. The standard InChI is InChI=1S/C15H12O4.C15H12O2/c16-10-3-1-9(2-4-10)14-8-13(18)12-6-5-11(17)7-15(12)19-14;16-13-10-15(11-6-2-1-3-7-11)17-14-9-5-4-8-12(13)14/h1-7,14,16-17H,8H2;1-9,15H,10H2/t14-;/m0./s1. The summed E-state index contributed by atoms with van der Waals surface area (Å²) in [6, 6.07) is 28.3. The molecule has 0 aliphatic carbocycles. The minimum atomic E-state index is -0.387. The predicted molar refractivity (Wildman–Crippen MR) is 134 cm³/mol. The molecule has 0 amide bonds. The molecule has 4 aromatic carbocycles. The summed E-state index contributed by atoms with van der Waals surface area (Å²) in [5, 5.41) is 18.7. The molecule has 2 heterocycles. The van der Waals surface area contributed by atoms with Crippen LogP contribution in [0.15, 0.2) is 97.1 Å². The molecule has 2 N–H and O–H groups in total. The van der Waals surface area contributed by atoms with Crippen LogP contribution in [0.25, 0.3) is 0 Å². The molecule has 0 radical (unpaired) electrons. The number of rotatable bonds is 2. The van der Waals surface area contributed by atoms with Gasteiger partial charge in [0.15, 0.2) is 11.6 Å². The summed E-state index contributed by atoms with van der Waals surface area (Å²) >= 11 is 0. The Kier molecular flexibility index (Phi) is 6.41. The number of ketones is 2. The highest BCUT2D eigenvalue weighted by atomic mass is 16.5. The lowest BCUT2D eigenvalue weighted by atomic mass is 9.96. The zero-order chi connectivity index (χ0) is 25.1. The van der Waals surface area contributed by atoms with Crippen molar-refractivity contribution in [1.82, 2.24) is 0 Å². The van der Waals surface area contributed by atoms with Crippen LogP contribution in [-0.2, 0) is 0 Å². The SMILES string of the molecule is O=C1CC(c2ccccc2)Oc2ccccc21.O=C1C[C@@H](c2ccc(O)cc2)Oc2cc(O)ccc21. The van der Waals surface area contributed by atoms with E-state index in [0.717, 1.165) is 11.1 Å². The fourth-order valence-electron chi connectivity index (χ4n) is 4.31. The van der Waals surface area contributed by atoms with E-state index >= 15 is 0 Å². The summed E-state index contributed by atoms with van der Waals surface area (Å²) in [6.07, 6.45) is 0.129. The second kappa shape index (κ2) is 9.96. The lowest BCUT2D eigenvalue weighted by Crippen LogP contribution is -2.20. The van der Waals surface area contributed by atoms with Crippen LogP contribution in [0.2, 0.25) is 0 Å². The van der Waals surface area contributed by atoms with Crippen LogP contribution < -0.4 is 9.47 Å². The van der Waals surface area contributed by atoms with Crippen molar-refractivity contribution >= 4 is 11.6 Å². The van der Waals surface area contributed by atoms with Gasteiger partial charge in [-0.05, 0) is 47.5 Å². The molecular weight excluding hydrogens is 456 g/mol. The number of phenols is 2. The largest absolute Gasteiger partial charge is 0.508 e. The van der Waals surface area contributed by atoms with Crippen molar-refractivity contribution in [2.24, 2.45) is 0 Å². The molecule has 0 bridgehead atoms. The molecule has 36 heavy (non-hydrogen) atoms. The summed E-state index contributed by atoms with van der Waals surface area (Å²) in [6.45, 7) is 0. The lowest BCUT2D eigenvalue weighted by molar-refractivity contribution is 0.0840. The van der Waals surface area contributed by atoms with Gasteiger partial charge in [0, 0.05) is 6.07 Å². The topological polar surface area (TPSA) is 93.1 Å². The van der Waals surface area contributed by atoms with Crippen LogP contribution in [0.1, 0.15) is 56.9 Å². The number of hydrogen-bond donors (Lipinski definition) is 2. The molecule has 6 nitrogen and oxygen atoms in total. The van der Waals surface area contributed by atoms with E-state index in [1.807, 2.05) is 54.6 Å². The first-order valence-corrected chi connectivity index (χ1v) is 11.6. The number of aromatic hydroxyl groups is 2. The van der Waals surface area contributed by atoms with Gasteiger partial charge >= 0.3 is 0 Å². The Morgan fingerprint density at radius 3 is 1.78 bits per heavy atom. The van der Waals surface area contributed by atoms with E-state index in [4.69, 9.17) is 9.47 Å². The van der Waals surface area contributed by atoms with E-state index in [1.54, 1.807) is 30.3 Å². The van der Waals surface area contributed by atoms with E-state index in [-0.39, 0.29) is 41.7 Å². The molecule has 2 aliphatic heterocycles. The quantitative estimate of drug-likeness (QED) is 0.355. The normalized spacial score (nSPS) is 18.0. The predicted octanol–water partition coefficient (Wildman–Crippen LogP) is 6.20. The first-order chi connectivity index (χ1) is 17.5. The Hall–Kier alpha value is -4.58. The molecule has 0 saturated carbocycles. The molecule has 6 heteroatoms. The van der Waals surface area contributed by atoms with Gasteiger partial charge in [0.05, 0.1) is 24.0 Å². The van der Waals surface area contributed by atoms with Crippen LogP contribution in [-0.4, -0.2) is 21.8 Å². The Bertz CT molecular complexity index is 1390. The molecule has 0 aromatic heterocycles. The van der Waals surface area contributed by atoms with Crippen LogP contribution in [0, 0.1) is 0 Å². The third-order valence-corrected chi connectivity index (χ3v) is 6.17. The van der Waals surface area contributed by atoms with Gasteiger partial charge < -0.3 is 19.7 Å². The zero-order valence-electron chi connectivity index (χ0n) is 19.3. The molecule has 1 unspecified atom stereocenters. The minimum Gasteiger partial charge on any atom is -0.508 e. The van der Waals surface area contributed by atoms with Gasteiger partial charge in [-0.1, -0.05) is 54.6 Å². The number of carbonyl (C=O) groups excluding carboxylic acids is 2. The molecule has 0 saturated heterocycles. The number of para-hydroxylation sites is 1. The average Bonchev–Trinajstić information content (AvgIpc) is 2.90. The number of fused-ring (bicyclic) bond motifs is 2. The third kappa shape index (κ3) is 4.93. The summed E-state index contributed by atoms with van der Waals surface area (Å²) < 4.78 is 11.6. The van der Waals surface area contributed by atoms with Crippen LogP contribution in [0.4, 0.5) is 0 Å². The molecule has 0 fully saturated rings. The van der Waals surface area contributed by atoms with Crippen molar-refractivity contribution in [2.45, 2.75) is 25.0 Å². The fraction of sp³-hybridized carbons (Fsp3) is 0.133. The molecule has 6 rings (SSSR count). The number of phenolic OH excluding ortho intramolecular Hbond substituents is 2. The highest BCUT2D eigenvalue weighted by Crippen LogP contribution is 2.37. The van der Waals surface area contributed by atoms with Crippen LogP contribution in [0.5, 0.6) is 23.0 Å². The number of Topliss-reactive ketones (excluding diaryl/α,β-unsaturated/α-hetero) is 2. The highest BCUT2D eigenvalue weighted by Gasteiger charge is 2.28. The number of benzene rings is 4. The van der Waals surface area contributed by atoms with Gasteiger partial charge in [-0.2, -0.15) is 0 Å². The summed E-state index contributed by atoms with van der Waals surface area (Å²) in [5.74, 6) is 1.47. The highest BCUT2D eigenvalue weighted by molar-refractivity contribution is 6.00. The Balaban J connectivity index is 0.000000149. The van der Waals surface area contributed by atoms with E-state index in [2.05, 4.69) is 0 Å². The van der Waals surface area contributed by atoms with Gasteiger partial charge in [0.25, 0.3) is 0 Å². The smallest absolute Gasteiger partial charge is 0.170 e. The maximum absolute atomic E-state index is 12.0. The lowest BCUT2D eigenvalue weighted by Gasteiger charge is -2.25. The van der Waals surface area contributed by atoms with Crippen molar-refractivity contribution in [3.05, 3.63) is 119 Å². The summed E-state index contributed by atoms with van der Waals surface area (Å²) in [5.41, 5.74) is 3.06. The van der Waals surface area contributed by atoms with Crippen molar-refractivity contribution in [2.75, 3.05) is 0 Å². The third-order valence-electron chi connectivity index (χ3n) is 6.17. The second-order valence-corrected chi connectivity index (χ2v) is 8.65. The summed E-state index contributed by atoms with van der Waals surface area (Å²) in [4.78, 5) is 24.0.